The molecule has 1 nitrogen and oxygen atoms in total. The summed E-state index contributed by atoms with van der Waals surface area (Å²) in [5.74, 6) is 0. The van der Waals surface area contributed by atoms with Gasteiger partial charge < -0.3 is 4.90 Å². The van der Waals surface area contributed by atoms with Crippen LogP contribution >= 0.6 is 23.6 Å². The van der Waals surface area contributed by atoms with E-state index >= 15 is 0 Å². The van der Waals surface area contributed by atoms with Gasteiger partial charge in [0.25, 0.3) is 0 Å². The molecule has 0 aliphatic heterocycles. The molecule has 0 spiro atoms. The molecule has 0 fully saturated rings. The van der Waals surface area contributed by atoms with E-state index in [1.54, 1.807) is 11.3 Å². The molecule has 0 N–H and O–H groups in total. The van der Waals surface area contributed by atoms with E-state index in [4.69, 9.17) is 12.2 Å². The SMILES string of the molecule is CCN(CC)C(=S)c1cc[c-]s1.[Li+]. The molecule has 1 heterocycles. The average molecular weight is 205 g/mol. The van der Waals surface area contributed by atoms with Gasteiger partial charge in [0.15, 0.2) is 0 Å². The molecule has 0 radical (unpaired) electrons. The molecule has 1 aromatic rings. The molecule has 1 aromatic heterocycles. The van der Waals surface area contributed by atoms with Crippen molar-refractivity contribution < 1.29 is 18.9 Å². The van der Waals surface area contributed by atoms with Crippen molar-refractivity contribution in [1.82, 2.24) is 4.90 Å². The Morgan fingerprint density at radius 2 is 2.15 bits per heavy atom. The summed E-state index contributed by atoms with van der Waals surface area (Å²) < 4.78 is 0. The van der Waals surface area contributed by atoms with Gasteiger partial charge in [-0.15, -0.1) is 5.38 Å². The Labute approximate surface area is 101 Å². The van der Waals surface area contributed by atoms with Crippen molar-refractivity contribution in [3.63, 3.8) is 0 Å². The second-order valence-corrected chi connectivity index (χ2v) is 3.66. The molecule has 0 unspecified atom stereocenters. The van der Waals surface area contributed by atoms with Crippen LogP contribution in [-0.4, -0.2) is 23.0 Å². The van der Waals surface area contributed by atoms with Crippen LogP contribution in [0.15, 0.2) is 12.1 Å². The van der Waals surface area contributed by atoms with Gasteiger partial charge in [0.2, 0.25) is 0 Å². The molecule has 0 aliphatic rings. The van der Waals surface area contributed by atoms with Crippen LogP contribution in [0.4, 0.5) is 0 Å². The smallest absolute Gasteiger partial charge is 0.373 e. The van der Waals surface area contributed by atoms with Crippen LogP contribution in [0, 0.1) is 5.38 Å². The van der Waals surface area contributed by atoms with Crippen molar-refractivity contribution in [1.29, 1.82) is 0 Å². The maximum absolute atomic E-state index is 5.31. The number of nitrogens with zero attached hydrogens (tertiary/aromatic N) is 1. The first-order valence-corrected chi connectivity index (χ1v) is 5.27. The van der Waals surface area contributed by atoms with E-state index in [-0.39, 0.29) is 18.9 Å². The van der Waals surface area contributed by atoms with Crippen LogP contribution in [0.25, 0.3) is 0 Å². The summed E-state index contributed by atoms with van der Waals surface area (Å²) in [6.45, 7) is 6.20. The minimum Gasteiger partial charge on any atom is -0.373 e. The summed E-state index contributed by atoms with van der Waals surface area (Å²) in [7, 11) is 0. The third kappa shape index (κ3) is 3.44. The maximum Gasteiger partial charge on any atom is 1.00 e. The Morgan fingerprint density at radius 1 is 1.54 bits per heavy atom. The first-order chi connectivity index (χ1) is 5.79. The number of hydrogen-bond acceptors (Lipinski definition) is 2. The molecular formula is C9H12LiNS2. The Balaban J connectivity index is 0.00000144. The van der Waals surface area contributed by atoms with E-state index in [2.05, 4.69) is 24.1 Å². The van der Waals surface area contributed by atoms with E-state index in [1.807, 2.05) is 12.1 Å². The summed E-state index contributed by atoms with van der Waals surface area (Å²) in [6.07, 6.45) is 0. The third-order valence-corrected chi connectivity index (χ3v) is 3.14. The second-order valence-electron chi connectivity index (χ2n) is 2.39. The number of hydrogen-bond donors (Lipinski definition) is 0. The van der Waals surface area contributed by atoms with Crippen LogP contribution in [0.2, 0.25) is 0 Å². The van der Waals surface area contributed by atoms with Crippen LogP contribution < -0.4 is 18.9 Å². The molecule has 4 heteroatoms. The predicted octanol–water partition coefficient (Wildman–Crippen LogP) is -0.430. The summed E-state index contributed by atoms with van der Waals surface area (Å²) in [4.78, 5) is 4.27. The first kappa shape index (κ1) is 13.2. The predicted molar refractivity (Wildman–Crippen MR) is 57.8 cm³/mol. The Kier molecular flexibility index (Phi) is 6.71. The van der Waals surface area contributed by atoms with Gasteiger partial charge in [0, 0.05) is 13.1 Å². The van der Waals surface area contributed by atoms with Crippen molar-refractivity contribution in [2.24, 2.45) is 0 Å². The fourth-order valence-electron chi connectivity index (χ4n) is 1.02. The molecule has 0 amide bonds. The molecule has 1 rings (SSSR count). The van der Waals surface area contributed by atoms with E-state index in [0.29, 0.717) is 0 Å². The number of rotatable bonds is 3. The van der Waals surface area contributed by atoms with E-state index in [0.717, 1.165) is 23.0 Å². The number of thiocarbonyl (C=S) groups is 1. The molecule has 0 aliphatic carbocycles. The third-order valence-electron chi connectivity index (χ3n) is 1.73. The van der Waals surface area contributed by atoms with Gasteiger partial charge in [-0.25, -0.2) is 0 Å². The minimum absolute atomic E-state index is 0. The van der Waals surface area contributed by atoms with Gasteiger partial charge >= 0.3 is 18.9 Å². The standard InChI is InChI=1S/C9H12NS2.Li/c1-3-10(4-2)9(11)8-6-5-7-12-8;/h5-6H,3-4H2,1-2H3;/q-1;+1. The van der Waals surface area contributed by atoms with Crippen LogP contribution in [0.1, 0.15) is 18.7 Å². The molecule has 0 saturated carbocycles. The molecule has 0 saturated heterocycles. The van der Waals surface area contributed by atoms with Crippen LogP contribution in [0.3, 0.4) is 0 Å². The van der Waals surface area contributed by atoms with E-state index in [9.17, 15) is 0 Å². The van der Waals surface area contributed by atoms with Crippen molar-refractivity contribution in [3.8, 4) is 0 Å². The Morgan fingerprint density at radius 3 is 2.54 bits per heavy atom. The summed E-state index contributed by atoms with van der Waals surface area (Å²) in [6, 6.07) is 3.93. The van der Waals surface area contributed by atoms with Gasteiger partial charge in [-0.05, 0) is 13.8 Å². The minimum atomic E-state index is 0. The fraction of sp³-hybridized carbons (Fsp3) is 0.444. The van der Waals surface area contributed by atoms with Crippen LogP contribution in [-0.2, 0) is 0 Å². The van der Waals surface area contributed by atoms with Gasteiger partial charge in [-0.3, -0.25) is 11.3 Å². The number of thiophene rings is 1. The van der Waals surface area contributed by atoms with Gasteiger partial charge in [-0.1, -0.05) is 17.1 Å². The van der Waals surface area contributed by atoms with Gasteiger partial charge in [-0.2, -0.15) is 12.1 Å². The fourth-order valence-corrected chi connectivity index (χ4v) is 2.09. The van der Waals surface area contributed by atoms with Crippen molar-refractivity contribution in [3.05, 3.63) is 22.4 Å². The second kappa shape index (κ2) is 6.61. The molecule has 13 heavy (non-hydrogen) atoms. The van der Waals surface area contributed by atoms with Gasteiger partial charge in [0.05, 0.1) is 4.99 Å². The summed E-state index contributed by atoms with van der Waals surface area (Å²) >= 11 is 6.89. The molecule has 0 aromatic carbocycles. The molecule has 66 valence electrons. The Bertz CT molecular complexity index is 242. The largest absolute Gasteiger partial charge is 1.00 e. The molecular weight excluding hydrogens is 193 g/mol. The van der Waals surface area contributed by atoms with Crippen LogP contribution in [0.5, 0.6) is 0 Å². The summed E-state index contributed by atoms with van der Waals surface area (Å²) in [5, 5.41) is 3.04. The van der Waals surface area contributed by atoms with E-state index < -0.39 is 0 Å². The maximum atomic E-state index is 5.31. The van der Waals surface area contributed by atoms with Gasteiger partial charge in [0.1, 0.15) is 0 Å². The normalized spacial score (nSPS) is 9.08. The van der Waals surface area contributed by atoms with Crippen molar-refractivity contribution in [2.75, 3.05) is 13.1 Å². The average Bonchev–Trinajstić information content (AvgIpc) is 2.58. The zero-order valence-electron chi connectivity index (χ0n) is 8.33. The quantitative estimate of drug-likeness (QED) is 0.374. The molecule has 0 bridgehead atoms. The zero-order valence-corrected chi connectivity index (χ0v) is 9.97. The molecule has 0 atom stereocenters. The van der Waals surface area contributed by atoms with Crippen molar-refractivity contribution >= 4 is 28.5 Å². The van der Waals surface area contributed by atoms with E-state index in [1.165, 1.54) is 0 Å². The van der Waals surface area contributed by atoms with Crippen molar-refractivity contribution in [2.45, 2.75) is 13.8 Å². The zero-order chi connectivity index (χ0) is 8.97. The summed E-state index contributed by atoms with van der Waals surface area (Å²) in [5.41, 5.74) is 0. The monoisotopic (exact) mass is 205 g/mol. The first-order valence-electron chi connectivity index (χ1n) is 4.04. The Hall–Kier alpha value is 0.187. The topological polar surface area (TPSA) is 3.24 Å².